The Balaban J connectivity index is 1.23. The van der Waals surface area contributed by atoms with Gasteiger partial charge in [-0.3, -0.25) is 10.1 Å². The summed E-state index contributed by atoms with van der Waals surface area (Å²) in [6.07, 6.45) is 1.70. The summed E-state index contributed by atoms with van der Waals surface area (Å²) in [7, 11) is 1.53. The van der Waals surface area contributed by atoms with E-state index in [1.165, 1.54) is 43.1 Å². The highest BCUT2D eigenvalue weighted by Gasteiger charge is 2.22. The van der Waals surface area contributed by atoms with Crippen LogP contribution in [0.4, 0.5) is 14.9 Å². The minimum atomic E-state index is -1.09. The summed E-state index contributed by atoms with van der Waals surface area (Å²) >= 11 is 1.36. The van der Waals surface area contributed by atoms with Gasteiger partial charge < -0.3 is 24.6 Å². The lowest BCUT2D eigenvalue weighted by Crippen LogP contribution is -2.38. The smallest absolute Gasteiger partial charge is 0.412 e. The molecule has 46 heavy (non-hydrogen) atoms. The van der Waals surface area contributed by atoms with Crippen molar-refractivity contribution in [3.63, 3.8) is 0 Å². The number of carbonyl (C=O) groups excluding carboxylic acids is 2. The van der Waals surface area contributed by atoms with Crippen LogP contribution in [0.15, 0.2) is 42.9 Å². The summed E-state index contributed by atoms with van der Waals surface area (Å²) in [6.45, 7) is 8.31. The van der Waals surface area contributed by atoms with Crippen molar-refractivity contribution in [2.45, 2.75) is 52.4 Å². The number of nitrogens with one attached hydrogen (secondary N) is 2. The van der Waals surface area contributed by atoms with Crippen LogP contribution in [-0.2, 0) is 4.74 Å². The summed E-state index contributed by atoms with van der Waals surface area (Å²) in [4.78, 5) is 46.1. The Labute approximate surface area is 267 Å². The maximum atomic E-state index is 15.1. The zero-order valence-corrected chi connectivity index (χ0v) is 26.7. The summed E-state index contributed by atoms with van der Waals surface area (Å²) in [6, 6.07) is 6.73. The first kappa shape index (κ1) is 32.4. The lowest BCUT2D eigenvalue weighted by Gasteiger charge is -2.22. The molecule has 0 fully saturated rings. The van der Waals surface area contributed by atoms with Crippen LogP contribution >= 0.6 is 11.3 Å². The Morgan fingerprint density at radius 1 is 1.02 bits per heavy atom. The highest BCUT2D eigenvalue weighted by molar-refractivity contribution is 7.21. The van der Waals surface area contributed by atoms with Crippen LogP contribution in [0.2, 0.25) is 0 Å². The molecular formula is C31H32FN7O6S. The number of hydrogen-bond donors (Lipinski definition) is 3. The lowest BCUT2D eigenvalue weighted by molar-refractivity contribution is 0.0402. The van der Waals surface area contributed by atoms with Crippen LogP contribution < -0.4 is 20.1 Å². The fourth-order valence-electron chi connectivity index (χ4n) is 4.24. The van der Waals surface area contributed by atoms with Crippen molar-refractivity contribution < 1.29 is 33.3 Å². The van der Waals surface area contributed by atoms with Crippen molar-refractivity contribution in [2.24, 2.45) is 0 Å². The van der Waals surface area contributed by atoms with Gasteiger partial charge in [-0.1, -0.05) is 0 Å². The molecule has 0 radical (unpaired) electrons. The highest BCUT2D eigenvalue weighted by Crippen LogP contribution is 2.37. The van der Waals surface area contributed by atoms with Gasteiger partial charge in [-0.05, 0) is 52.3 Å². The maximum absolute atomic E-state index is 15.1. The number of carbonyl (C=O) groups is 2. The lowest BCUT2D eigenvalue weighted by atomic mass is 10.1. The first-order chi connectivity index (χ1) is 21.8. The first-order valence-corrected chi connectivity index (χ1v) is 15.0. The third-order valence-corrected chi connectivity index (χ3v) is 7.75. The van der Waals surface area contributed by atoms with E-state index in [0.717, 1.165) is 11.1 Å². The van der Waals surface area contributed by atoms with E-state index in [0.29, 0.717) is 32.1 Å². The molecule has 15 heteroatoms. The molecule has 0 aliphatic heterocycles. The number of anilines is 1. The number of nitrogens with zero attached hydrogens (tertiary/aromatic N) is 5. The SMILES string of the molecule is COc1cnc2c(-c3nc4cc(F)c(O[C@@H](C)[C@@H](C)OC(=O)Nc5cnc(C(=O)NCC(C)(C)O)nc5)cc4s3)cc(C)cc2n1. The normalized spacial score (nSPS) is 12.9. The molecule has 240 valence electrons. The number of amides is 2. The minimum Gasteiger partial charge on any atom is -0.484 e. The molecule has 0 aliphatic rings. The molecule has 2 atom stereocenters. The Morgan fingerprint density at radius 3 is 2.46 bits per heavy atom. The van der Waals surface area contributed by atoms with Gasteiger partial charge in [-0.25, -0.2) is 34.1 Å². The van der Waals surface area contributed by atoms with Gasteiger partial charge in [0.2, 0.25) is 11.7 Å². The van der Waals surface area contributed by atoms with Crippen LogP contribution in [0.25, 0.3) is 31.8 Å². The maximum Gasteiger partial charge on any atom is 0.412 e. The monoisotopic (exact) mass is 649 g/mol. The topological polar surface area (TPSA) is 171 Å². The van der Waals surface area contributed by atoms with E-state index < -0.39 is 35.6 Å². The van der Waals surface area contributed by atoms with Crippen LogP contribution in [0, 0.1) is 12.7 Å². The number of aliphatic hydroxyl groups is 1. The van der Waals surface area contributed by atoms with Crippen LogP contribution in [-0.4, -0.2) is 73.5 Å². The van der Waals surface area contributed by atoms with E-state index in [-0.39, 0.29) is 23.8 Å². The Hall–Kier alpha value is -5.02. The van der Waals surface area contributed by atoms with Gasteiger partial charge in [0.15, 0.2) is 11.6 Å². The van der Waals surface area contributed by atoms with Gasteiger partial charge in [-0.15, -0.1) is 11.3 Å². The molecule has 0 unspecified atom stereocenters. The van der Waals surface area contributed by atoms with E-state index >= 15 is 4.39 Å². The van der Waals surface area contributed by atoms with Crippen molar-refractivity contribution in [1.29, 1.82) is 0 Å². The second-order valence-corrected chi connectivity index (χ2v) is 12.2. The summed E-state index contributed by atoms with van der Waals surface area (Å²) in [5, 5.41) is 15.4. The molecule has 0 bridgehead atoms. The fraction of sp³-hybridized carbons (Fsp3) is 0.323. The van der Waals surface area contributed by atoms with Crippen molar-refractivity contribution >= 4 is 50.3 Å². The van der Waals surface area contributed by atoms with Gasteiger partial charge in [0, 0.05) is 24.2 Å². The van der Waals surface area contributed by atoms with Gasteiger partial charge in [0.05, 0.1) is 58.2 Å². The zero-order valence-electron chi connectivity index (χ0n) is 25.9. The van der Waals surface area contributed by atoms with Crippen molar-refractivity contribution in [3.05, 3.63) is 60.1 Å². The molecule has 3 heterocycles. The van der Waals surface area contributed by atoms with E-state index in [1.54, 1.807) is 33.8 Å². The van der Waals surface area contributed by atoms with Crippen LogP contribution in [0.1, 0.15) is 43.9 Å². The quantitative estimate of drug-likeness (QED) is 0.185. The molecule has 0 aliphatic carbocycles. The second-order valence-electron chi connectivity index (χ2n) is 11.2. The first-order valence-electron chi connectivity index (χ1n) is 14.2. The number of hydrogen-bond acceptors (Lipinski definition) is 12. The Kier molecular flexibility index (Phi) is 9.25. The third kappa shape index (κ3) is 7.61. The molecule has 5 rings (SSSR count). The van der Waals surface area contributed by atoms with Crippen LogP contribution in [0.3, 0.4) is 0 Å². The molecule has 0 saturated heterocycles. The number of fused-ring (bicyclic) bond motifs is 2. The average Bonchev–Trinajstić information content (AvgIpc) is 3.41. The van der Waals surface area contributed by atoms with Gasteiger partial charge in [-0.2, -0.15) is 0 Å². The molecule has 0 saturated carbocycles. The number of aryl methyl sites for hydroxylation is 1. The van der Waals surface area contributed by atoms with E-state index in [2.05, 4.69) is 35.6 Å². The number of thiazole rings is 1. The molecule has 2 amide bonds. The Bertz CT molecular complexity index is 1910. The Morgan fingerprint density at radius 2 is 1.76 bits per heavy atom. The van der Waals surface area contributed by atoms with E-state index in [9.17, 15) is 14.7 Å². The van der Waals surface area contributed by atoms with Crippen LogP contribution in [0.5, 0.6) is 11.6 Å². The standard InChI is InChI=1S/C31H32FN7O6S/c1-15-7-19(26-22(8-15)38-25(43-6)13-33-26)29-39-21-9-20(32)23(10-24(21)46-29)44-16(2)17(3)45-30(41)37-18-11-34-27(35-12-18)28(40)36-14-31(4,5)42/h7-13,16-17,42H,14H2,1-6H3,(H,36,40)(H,37,41)/t16-,17+/m0/s1. The second kappa shape index (κ2) is 13.1. The molecule has 13 nitrogen and oxygen atoms in total. The number of rotatable bonds is 10. The van der Waals surface area contributed by atoms with Crippen molar-refractivity contribution in [1.82, 2.24) is 30.2 Å². The number of methoxy groups -OCH3 is 1. The molecule has 2 aromatic carbocycles. The van der Waals surface area contributed by atoms with Crippen molar-refractivity contribution in [3.8, 4) is 22.2 Å². The highest BCUT2D eigenvalue weighted by atomic mass is 32.1. The molecule has 3 N–H and O–H groups in total. The summed E-state index contributed by atoms with van der Waals surface area (Å²) in [5.74, 6) is -0.940. The predicted octanol–water partition coefficient (Wildman–Crippen LogP) is 5.06. The minimum absolute atomic E-state index is 0.0134. The summed E-state index contributed by atoms with van der Waals surface area (Å²) in [5.41, 5.74) is 2.59. The fourth-order valence-corrected chi connectivity index (χ4v) is 5.23. The zero-order chi connectivity index (χ0) is 33.2. The molecule has 3 aromatic heterocycles. The van der Waals surface area contributed by atoms with Gasteiger partial charge in [0.1, 0.15) is 17.2 Å². The predicted molar refractivity (Wildman–Crippen MR) is 170 cm³/mol. The molecule has 0 spiro atoms. The average molecular weight is 650 g/mol. The number of benzene rings is 2. The number of aromatic nitrogens is 5. The van der Waals surface area contributed by atoms with Gasteiger partial charge >= 0.3 is 6.09 Å². The third-order valence-electron chi connectivity index (χ3n) is 6.70. The largest absolute Gasteiger partial charge is 0.484 e. The summed E-state index contributed by atoms with van der Waals surface area (Å²) < 4.78 is 32.3. The van der Waals surface area contributed by atoms with E-state index in [4.69, 9.17) is 14.2 Å². The number of ether oxygens (including phenoxy) is 3. The molecular weight excluding hydrogens is 617 g/mol. The van der Waals surface area contributed by atoms with Gasteiger partial charge in [0.25, 0.3) is 5.91 Å². The van der Waals surface area contributed by atoms with Crippen molar-refractivity contribution in [2.75, 3.05) is 19.0 Å². The number of halogens is 1. The molecule has 5 aromatic rings. The van der Waals surface area contributed by atoms with E-state index in [1.807, 2.05) is 19.1 Å².